The predicted molar refractivity (Wildman–Crippen MR) is 84.0 cm³/mol. The minimum Gasteiger partial charge on any atom is -0.330 e. The molecule has 0 amide bonds. The lowest BCUT2D eigenvalue weighted by atomic mass is 10.1. The Bertz CT molecular complexity index is 667. The number of nitrogens with zero attached hydrogens (tertiary/aromatic N) is 2. The fourth-order valence-electron chi connectivity index (χ4n) is 2.07. The number of H-pyrrole nitrogens is 1. The van der Waals surface area contributed by atoms with Crippen LogP contribution in [0.1, 0.15) is 31.1 Å². The number of aromatic amines is 1. The normalized spacial score (nSPS) is 12.6. The number of unbranched alkanes of at least 4 members (excludes halogenated alkanes) is 1. The van der Waals surface area contributed by atoms with E-state index in [4.69, 9.17) is 34.7 Å². The molecule has 1 atom stereocenters. The molecule has 114 valence electrons. The topological polar surface area (TPSA) is 103 Å². The van der Waals surface area contributed by atoms with Crippen molar-refractivity contribution in [2.24, 2.45) is 11.5 Å². The van der Waals surface area contributed by atoms with Crippen molar-refractivity contribution < 1.29 is 0 Å². The van der Waals surface area contributed by atoms with Gasteiger partial charge in [0.05, 0.1) is 21.8 Å². The predicted octanol–water partition coefficient (Wildman–Crippen LogP) is 2.00. The average Bonchev–Trinajstić information content (AvgIpc) is 2.84. The third kappa shape index (κ3) is 3.65. The Morgan fingerprint density at radius 3 is 2.71 bits per heavy atom. The molecule has 0 bridgehead atoms. The van der Waals surface area contributed by atoms with Crippen molar-refractivity contribution in [2.45, 2.75) is 25.3 Å². The molecular formula is C13H17Cl2N5O. The van der Waals surface area contributed by atoms with Gasteiger partial charge in [0.1, 0.15) is 0 Å². The third-order valence-electron chi connectivity index (χ3n) is 3.16. The van der Waals surface area contributed by atoms with Crippen LogP contribution < -0.4 is 17.2 Å². The van der Waals surface area contributed by atoms with Crippen LogP contribution in [0.3, 0.4) is 0 Å². The van der Waals surface area contributed by atoms with Crippen LogP contribution in [-0.4, -0.2) is 21.3 Å². The van der Waals surface area contributed by atoms with E-state index in [1.54, 1.807) is 18.2 Å². The van der Waals surface area contributed by atoms with Gasteiger partial charge >= 0.3 is 5.69 Å². The number of hydrogen-bond acceptors (Lipinski definition) is 4. The van der Waals surface area contributed by atoms with Crippen LogP contribution in [0.4, 0.5) is 0 Å². The van der Waals surface area contributed by atoms with E-state index < -0.39 is 0 Å². The van der Waals surface area contributed by atoms with Crippen molar-refractivity contribution in [3.05, 3.63) is 44.6 Å². The number of nitrogens with two attached hydrogens (primary N) is 2. The monoisotopic (exact) mass is 329 g/mol. The largest absolute Gasteiger partial charge is 0.347 e. The first-order valence-electron chi connectivity index (χ1n) is 6.63. The van der Waals surface area contributed by atoms with Gasteiger partial charge in [-0.05, 0) is 37.6 Å². The second kappa shape index (κ2) is 7.09. The molecule has 1 heterocycles. The number of benzene rings is 1. The van der Waals surface area contributed by atoms with Gasteiger partial charge in [-0.15, -0.1) is 0 Å². The van der Waals surface area contributed by atoms with Crippen LogP contribution in [0.2, 0.25) is 10.0 Å². The third-order valence-corrected chi connectivity index (χ3v) is 3.90. The summed E-state index contributed by atoms with van der Waals surface area (Å²) in [4.78, 5) is 12.0. The van der Waals surface area contributed by atoms with Crippen molar-refractivity contribution in [1.29, 1.82) is 0 Å². The molecule has 0 fully saturated rings. The molecule has 1 aromatic heterocycles. The molecular weight excluding hydrogens is 313 g/mol. The summed E-state index contributed by atoms with van der Waals surface area (Å²) >= 11 is 11.9. The van der Waals surface area contributed by atoms with E-state index in [1.165, 1.54) is 4.57 Å². The Hall–Kier alpha value is -1.34. The van der Waals surface area contributed by atoms with Crippen molar-refractivity contribution in [3.8, 4) is 5.69 Å². The molecule has 1 aromatic carbocycles. The smallest absolute Gasteiger partial charge is 0.330 e. The Kier molecular flexibility index (Phi) is 5.41. The maximum absolute atomic E-state index is 12.0. The van der Waals surface area contributed by atoms with Crippen molar-refractivity contribution in [2.75, 3.05) is 6.54 Å². The second-order valence-corrected chi connectivity index (χ2v) is 5.53. The highest BCUT2D eigenvalue weighted by Gasteiger charge is 2.17. The van der Waals surface area contributed by atoms with Gasteiger partial charge in [-0.2, -0.15) is 5.10 Å². The molecule has 0 aliphatic rings. The van der Waals surface area contributed by atoms with Crippen molar-refractivity contribution in [3.63, 3.8) is 0 Å². The number of hydrogen-bond donors (Lipinski definition) is 3. The van der Waals surface area contributed by atoms with Gasteiger partial charge in [0.15, 0.2) is 5.82 Å². The number of rotatable bonds is 6. The summed E-state index contributed by atoms with van der Waals surface area (Å²) in [6.07, 6.45) is 2.46. The second-order valence-electron chi connectivity index (χ2n) is 4.71. The first-order chi connectivity index (χ1) is 10.0. The SMILES string of the molecule is NCCCC[C@H](N)c1n[nH]c(=O)n1-c1ccc(Cl)c(Cl)c1. The number of nitrogens with one attached hydrogen (secondary N) is 1. The van der Waals surface area contributed by atoms with Crippen molar-refractivity contribution >= 4 is 23.2 Å². The molecule has 0 saturated carbocycles. The zero-order chi connectivity index (χ0) is 15.4. The Balaban J connectivity index is 2.33. The van der Waals surface area contributed by atoms with E-state index in [0.29, 0.717) is 34.5 Å². The molecule has 0 spiro atoms. The highest BCUT2D eigenvalue weighted by Crippen LogP contribution is 2.25. The van der Waals surface area contributed by atoms with E-state index in [0.717, 1.165) is 12.8 Å². The molecule has 21 heavy (non-hydrogen) atoms. The summed E-state index contributed by atoms with van der Waals surface area (Å²) in [6, 6.07) is 4.57. The minimum atomic E-state index is -0.363. The highest BCUT2D eigenvalue weighted by atomic mass is 35.5. The summed E-state index contributed by atoms with van der Waals surface area (Å²) in [5.41, 5.74) is 11.8. The maximum atomic E-state index is 12.0. The molecule has 5 N–H and O–H groups in total. The standard InChI is InChI=1S/C13H17Cl2N5O/c14-9-5-4-8(7-10(9)15)20-12(18-19-13(20)21)11(17)3-1-2-6-16/h4-5,7,11H,1-3,6,16-17H2,(H,19,21)/t11-/m0/s1. The highest BCUT2D eigenvalue weighted by molar-refractivity contribution is 6.42. The van der Waals surface area contributed by atoms with Crippen LogP contribution in [0.25, 0.3) is 5.69 Å². The number of aromatic nitrogens is 3. The van der Waals surface area contributed by atoms with Crippen LogP contribution in [-0.2, 0) is 0 Å². The number of halogens is 2. The summed E-state index contributed by atoms with van der Waals surface area (Å²) in [6.45, 7) is 0.618. The molecule has 0 aliphatic carbocycles. The summed E-state index contributed by atoms with van der Waals surface area (Å²) < 4.78 is 1.41. The van der Waals surface area contributed by atoms with E-state index >= 15 is 0 Å². The van der Waals surface area contributed by atoms with Gasteiger partial charge in [0.2, 0.25) is 0 Å². The van der Waals surface area contributed by atoms with E-state index in [1.807, 2.05) is 0 Å². The van der Waals surface area contributed by atoms with E-state index in [2.05, 4.69) is 10.2 Å². The summed E-state index contributed by atoms with van der Waals surface area (Å²) in [7, 11) is 0. The Morgan fingerprint density at radius 1 is 1.29 bits per heavy atom. The molecule has 2 aromatic rings. The lowest BCUT2D eigenvalue weighted by Gasteiger charge is -2.12. The van der Waals surface area contributed by atoms with Gasteiger partial charge in [0, 0.05) is 0 Å². The first kappa shape index (κ1) is 16.0. The van der Waals surface area contributed by atoms with E-state index in [9.17, 15) is 4.79 Å². The molecule has 0 radical (unpaired) electrons. The summed E-state index contributed by atoms with van der Waals surface area (Å²) in [5.74, 6) is 0.468. The van der Waals surface area contributed by atoms with Crippen LogP contribution in [0, 0.1) is 0 Å². The van der Waals surface area contributed by atoms with Crippen LogP contribution in [0.5, 0.6) is 0 Å². The fourth-order valence-corrected chi connectivity index (χ4v) is 2.36. The zero-order valence-electron chi connectivity index (χ0n) is 11.4. The lowest BCUT2D eigenvalue weighted by molar-refractivity contribution is 0.557. The van der Waals surface area contributed by atoms with Crippen molar-refractivity contribution in [1.82, 2.24) is 14.8 Å². The van der Waals surface area contributed by atoms with Gasteiger partial charge in [-0.3, -0.25) is 0 Å². The quantitative estimate of drug-likeness (QED) is 0.705. The molecule has 2 rings (SSSR count). The zero-order valence-corrected chi connectivity index (χ0v) is 12.9. The van der Waals surface area contributed by atoms with E-state index in [-0.39, 0.29) is 11.7 Å². The Labute approximate surface area is 132 Å². The lowest BCUT2D eigenvalue weighted by Crippen LogP contribution is -2.22. The maximum Gasteiger partial charge on any atom is 0.347 e. The summed E-state index contributed by atoms with van der Waals surface area (Å²) in [5, 5.41) is 7.22. The average molecular weight is 330 g/mol. The molecule has 0 saturated heterocycles. The van der Waals surface area contributed by atoms with Gasteiger partial charge in [0.25, 0.3) is 0 Å². The fraction of sp³-hybridized carbons (Fsp3) is 0.385. The van der Waals surface area contributed by atoms with Gasteiger partial charge < -0.3 is 11.5 Å². The minimum absolute atomic E-state index is 0.357. The molecule has 0 aliphatic heterocycles. The molecule has 6 nitrogen and oxygen atoms in total. The Morgan fingerprint density at radius 2 is 2.05 bits per heavy atom. The first-order valence-corrected chi connectivity index (χ1v) is 7.38. The molecule has 0 unspecified atom stereocenters. The van der Waals surface area contributed by atoms with Crippen LogP contribution >= 0.6 is 23.2 Å². The van der Waals surface area contributed by atoms with Crippen LogP contribution in [0.15, 0.2) is 23.0 Å². The van der Waals surface area contributed by atoms with Gasteiger partial charge in [-0.1, -0.05) is 29.6 Å². The molecule has 8 heteroatoms. The van der Waals surface area contributed by atoms with Gasteiger partial charge in [-0.25, -0.2) is 14.5 Å².